The van der Waals surface area contributed by atoms with Crippen LogP contribution >= 0.6 is 0 Å². The molecule has 0 unspecified atom stereocenters. The second-order valence-electron chi connectivity index (χ2n) is 19.2. The number of fused-ring (bicyclic) bond motifs is 6. The number of aromatic nitrogens is 6. The molecule has 0 atom stereocenters. The highest BCUT2D eigenvalue weighted by molar-refractivity contribution is 6.13. The van der Waals surface area contributed by atoms with Crippen LogP contribution in [0.1, 0.15) is 23.6 Å². The minimum absolute atomic E-state index is 0.852. The molecule has 0 spiro atoms. The van der Waals surface area contributed by atoms with Crippen LogP contribution in [0.5, 0.6) is 0 Å². The molecule has 0 aliphatic heterocycles. The Balaban J connectivity index is 0.844. The second kappa shape index (κ2) is 20.1. The first-order valence-electron chi connectivity index (χ1n) is 25.7. The summed E-state index contributed by atoms with van der Waals surface area (Å²) >= 11 is 0. The number of para-hydroxylation sites is 1. The summed E-state index contributed by atoms with van der Waals surface area (Å²) in [4.78, 5) is 17.9. The molecule has 0 N–H and O–H groups in total. The van der Waals surface area contributed by atoms with Gasteiger partial charge in [0, 0.05) is 104 Å². The van der Waals surface area contributed by atoms with Gasteiger partial charge in [0.25, 0.3) is 0 Å². The molecule has 0 saturated carbocycles. The summed E-state index contributed by atoms with van der Waals surface area (Å²) in [7, 11) is 0. The minimum Gasteiger partial charge on any atom is -0.310 e. The fourth-order valence-corrected chi connectivity index (χ4v) is 10.6. The van der Waals surface area contributed by atoms with E-state index in [1.165, 1.54) is 10.8 Å². The Labute approximate surface area is 446 Å². The number of hydrogen-bond acceptors (Lipinski definition) is 4. The maximum absolute atomic E-state index is 4.69. The molecule has 6 aromatic carbocycles. The summed E-state index contributed by atoms with van der Waals surface area (Å²) in [6.45, 7) is 6.86. The predicted molar refractivity (Wildman–Crippen MR) is 320 cm³/mol. The van der Waals surface area contributed by atoms with Crippen LogP contribution < -0.4 is 0 Å². The third-order valence-electron chi connectivity index (χ3n) is 14.4. The molecule has 13 rings (SSSR count). The standard InChI is InChI=1S/C71H48N6/c1-48(52-18-11-23-62(40-52)77-68-26-6-5-24-63(68)64-43-57(31-34-71(64)77)60-39-61(47-74-46-60)67-25-7-8-37-75-67)14-9-15-49(2)76-69-32-29-55(50-16-3-4-17-51(28-27-50)58-21-12-35-72-44-58)41-65(69)66-42-56(30-33-70(66)76)53-19-10-20-54(38-53)59-22-13-36-73-45-59/h4-26,28-47H,2H2,1H3/b15-9-,48-14+,51-17+. The first-order valence-corrected chi connectivity index (χ1v) is 25.7. The fraction of sp³-hybridized carbons (Fsp3) is 0.0141. The Morgan fingerprint density at radius 1 is 0.494 bits per heavy atom. The van der Waals surface area contributed by atoms with E-state index in [0.29, 0.717) is 0 Å². The van der Waals surface area contributed by atoms with Crippen LogP contribution in [0.15, 0.2) is 280 Å². The zero-order valence-electron chi connectivity index (χ0n) is 42.2. The van der Waals surface area contributed by atoms with Crippen molar-refractivity contribution in [2.24, 2.45) is 0 Å². The van der Waals surface area contributed by atoms with Crippen LogP contribution in [-0.4, -0.2) is 29.1 Å². The van der Waals surface area contributed by atoms with Crippen LogP contribution in [-0.2, 0) is 0 Å². The predicted octanol–water partition coefficient (Wildman–Crippen LogP) is 17.6. The third kappa shape index (κ3) is 8.99. The molecule has 12 aromatic rings. The van der Waals surface area contributed by atoms with E-state index < -0.39 is 0 Å². The van der Waals surface area contributed by atoms with Gasteiger partial charge < -0.3 is 9.13 Å². The van der Waals surface area contributed by atoms with E-state index in [-0.39, 0.29) is 0 Å². The van der Waals surface area contributed by atoms with Crippen molar-refractivity contribution in [1.82, 2.24) is 29.1 Å². The summed E-state index contributed by atoms with van der Waals surface area (Å²) in [6.07, 6.45) is 27.4. The van der Waals surface area contributed by atoms with Crippen molar-refractivity contribution in [2.75, 3.05) is 0 Å². The van der Waals surface area contributed by atoms with Gasteiger partial charge in [-0.05, 0) is 173 Å². The number of benzene rings is 6. The highest BCUT2D eigenvalue weighted by atomic mass is 15.0. The largest absolute Gasteiger partial charge is 0.310 e. The number of hydrogen-bond donors (Lipinski definition) is 0. The van der Waals surface area contributed by atoms with E-state index >= 15 is 0 Å². The average molecular weight is 985 g/mol. The van der Waals surface area contributed by atoms with E-state index in [1.54, 1.807) is 6.20 Å². The Morgan fingerprint density at radius 2 is 1.13 bits per heavy atom. The first kappa shape index (κ1) is 46.3. The minimum atomic E-state index is 0.852. The van der Waals surface area contributed by atoms with Crippen molar-refractivity contribution in [2.45, 2.75) is 6.92 Å². The monoisotopic (exact) mass is 984 g/mol. The van der Waals surface area contributed by atoms with Crippen molar-refractivity contribution in [3.05, 3.63) is 297 Å². The Bertz CT molecular complexity index is 4530. The average Bonchev–Trinajstić information content (AvgIpc) is 4.04. The molecule has 77 heavy (non-hydrogen) atoms. The van der Waals surface area contributed by atoms with Gasteiger partial charge in [-0.3, -0.25) is 19.9 Å². The number of nitrogens with zero attached hydrogens (tertiary/aromatic N) is 6. The molecule has 6 aromatic heterocycles. The highest BCUT2D eigenvalue weighted by Gasteiger charge is 2.17. The normalized spacial score (nSPS) is 13.3. The van der Waals surface area contributed by atoms with Crippen molar-refractivity contribution in [1.29, 1.82) is 0 Å². The lowest BCUT2D eigenvalue weighted by Gasteiger charge is -2.11. The van der Waals surface area contributed by atoms with Crippen LogP contribution in [0.4, 0.5) is 0 Å². The van der Waals surface area contributed by atoms with Gasteiger partial charge in [0.2, 0.25) is 0 Å². The van der Waals surface area contributed by atoms with Gasteiger partial charge in [0.15, 0.2) is 0 Å². The van der Waals surface area contributed by atoms with Crippen LogP contribution in [0.25, 0.3) is 116 Å². The second-order valence-corrected chi connectivity index (χ2v) is 19.2. The molecule has 1 aliphatic carbocycles. The Kier molecular flexibility index (Phi) is 12.1. The Hall–Kier alpha value is -10.5. The topological polar surface area (TPSA) is 61.4 Å². The molecule has 0 amide bonds. The number of rotatable bonds is 11. The lowest BCUT2D eigenvalue weighted by molar-refractivity contribution is 1.18. The van der Waals surface area contributed by atoms with Gasteiger partial charge in [-0.15, -0.1) is 11.5 Å². The zero-order valence-corrected chi connectivity index (χ0v) is 42.2. The number of pyridine rings is 4. The molecule has 6 heteroatoms. The Morgan fingerprint density at radius 3 is 1.92 bits per heavy atom. The maximum atomic E-state index is 4.69. The van der Waals surface area contributed by atoms with E-state index in [2.05, 4.69) is 211 Å². The molecule has 0 saturated heterocycles. The third-order valence-corrected chi connectivity index (χ3v) is 14.4. The maximum Gasteiger partial charge on any atom is 0.0717 e. The number of allylic oxidation sites excluding steroid dienone is 9. The fourth-order valence-electron chi connectivity index (χ4n) is 10.6. The molecular weight excluding hydrogens is 937 g/mol. The van der Waals surface area contributed by atoms with Gasteiger partial charge in [-0.1, -0.05) is 104 Å². The van der Waals surface area contributed by atoms with Gasteiger partial charge in [-0.2, -0.15) is 0 Å². The van der Waals surface area contributed by atoms with E-state index in [1.807, 2.05) is 91.8 Å². The van der Waals surface area contributed by atoms with Crippen molar-refractivity contribution in [3.63, 3.8) is 0 Å². The quantitative estimate of drug-likeness (QED) is 0.0957. The molecule has 362 valence electrons. The van der Waals surface area contributed by atoms with Crippen LogP contribution in [0.3, 0.4) is 0 Å². The van der Waals surface area contributed by atoms with Crippen LogP contribution in [0.2, 0.25) is 0 Å². The summed E-state index contributed by atoms with van der Waals surface area (Å²) in [5.41, 5.74) is 28.1. The van der Waals surface area contributed by atoms with Crippen LogP contribution in [0, 0.1) is 0 Å². The van der Waals surface area contributed by atoms with E-state index in [0.717, 1.165) is 122 Å². The van der Waals surface area contributed by atoms with Crippen molar-refractivity contribution in [3.8, 4) is 50.3 Å². The summed E-state index contributed by atoms with van der Waals surface area (Å²) in [5, 5.41) is 4.62. The van der Waals surface area contributed by atoms with Gasteiger partial charge in [0.05, 0.1) is 27.8 Å². The first-order chi connectivity index (χ1) is 38.0. The van der Waals surface area contributed by atoms with Gasteiger partial charge in [-0.25, -0.2) is 0 Å². The molecular formula is C71H48N6. The summed E-state index contributed by atoms with van der Waals surface area (Å²) < 4.78 is 4.64. The smallest absolute Gasteiger partial charge is 0.0717 e. The van der Waals surface area contributed by atoms with Crippen molar-refractivity contribution >= 4 is 66.0 Å². The van der Waals surface area contributed by atoms with Gasteiger partial charge >= 0.3 is 0 Å². The SMILES string of the molecule is C=C(/C=C\C=C(/C)c1cccc(-n2c3ccccc3c3cc(-c4cncc(-c5ccccn5)c4)ccc32)c1)n1c2ccc(C3=C=C/C(c4cccnc4)=C\C=C=C3)cc2c2cc(-c3cccc(-c4cccnc4)c3)ccc21. The molecule has 6 heterocycles. The summed E-state index contributed by atoms with van der Waals surface area (Å²) in [5.74, 6) is 0. The molecule has 6 nitrogen and oxygen atoms in total. The molecule has 0 bridgehead atoms. The van der Waals surface area contributed by atoms with Gasteiger partial charge in [0.1, 0.15) is 0 Å². The van der Waals surface area contributed by atoms with Crippen molar-refractivity contribution < 1.29 is 0 Å². The summed E-state index contributed by atoms with van der Waals surface area (Å²) in [6, 6.07) is 62.5. The highest BCUT2D eigenvalue weighted by Crippen LogP contribution is 2.39. The molecule has 1 aliphatic rings. The lowest BCUT2D eigenvalue weighted by atomic mass is 9.97. The zero-order chi connectivity index (χ0) is 51.7. The molecule has 0 radical (unpaired) electrons. The van der Waals surface area contributed by atoms with E-state index in [9.17, 15) is 0 Å². The molecule has 0 fully saturated rings. The lowest BCUT2D eigenvalue weighted by Crippen LogP contribution is -1.95. The van der Waals surface area contributed by atoms with E-state index in [4.69, 9.17) is 6.58 Å².